The van der Waals surface area contributed by atoms with Gasteiger partial charge in [-0.25, -0.2) is 4.79 Å². The molecule has 1 heterocycles. The van der Waals surface area contributed by atoms with Crippen LogP contribution in [0.4, 0.5) is 11.4 Å². The molecule has 2 aromatic rings. The second-order valence-electron chi connectivity index (χ2n) is 8.30. The zero-order chi connectivity index (χ0) is 23.7. The molecule has 33 heavy (non-hydrogen) atoms. The van der Waals surface area contributed by atoms with E-state index in [1.165, 1.54) is 29.2 Å². The molecule has 4 rings (SSSR count). The first kappa shape index (κ1) is 22.7. The first-order chi connectivity index (χ1) is 15.8. The molecule has 0 bridgehead atoms. The van der Waals surface area contributed by atoms with Gasteiger partial charge >= 0.3 is 5.97 Å². The molecular weight excluding hydrogens is 444 g/mol. The summed E-state index contributed by atoms with van der Waals surface area (Å²) in [5, 5.41) is 3.13. The monoisotopic (exact) mass is 466 g/mol. The number of benzene rings is 2. The van der Waals surface area contributed by atoms with Crippen molar-refractivity contribution in [2.24, 2.45) is 17.8 Å². The third-order valence-electron chi connectivity index (χ3n) is 6.02. The fourth-order valence-corrected chi connectivity index (χ4v) is 4.41. The maximum atomic E-state index is 12.9. The molecule has 3 amide bonds. The molecule has 1 aliphatic carbocycles. The standard InChI is InChI=1S/C25H23ClN2O5/c1-14-6-9-17(12-20(14)26)27-21(29)13-33-25(32)16-7-10-18(11-8-16)28-23(30)19-5-3-4-15(2)22(19)24(28)31/h3-4,6-12,15,19,22H,5,13H2,1-2H3,(H,27,29)/t15-,19-,22-/m1/s1. The molecule has 1 saturated heterocycles. The van der Waals surface area contributed by atoms with Crippen LogP contribution < -0.4 is 10.2 Å². The van der Waals surface area contributed by atoms with Crippen molar-refractivity contribution in [3.8, 4) is 0 Å². The zero-order valence-corrected chi connectivity index (χ0v) is 19.0. The largest absolute Gasteiger partial charge is 0.452 e. The lowest BCUT2D eigenvalue weighted by molar-refractivity contribution is -0.123. The van der Waals surface area contributed by atoms with E-state index < -0.39 is 18.5 Å². The number of hydrogen-bond donors (Lipinski definition) is 1. The number of allylic oxidation sites excluding steroid dienone is 2. The number of hydrogen-bond acceptors (Lipinski definition) is 5. The Bertz CT molecular complexity index is 1160. The summed E-state index contributed by atoms with van der Waals surface area (Å²) in [6.07, 6.45) is 4.47. The molecule has 0 aromatic heterocycles. The lowest BCUT2D eigenvalue weighted by atomic mass is 9.78. The van der Waals surface area contributed by atoms with Gasteiger partial charge in [0.1, 0.15) is 0 Å². The van der Waals surface area contributed by atoms with E-state index in [2.05, 4.69) is 5.32 Å². The van der Waals surface area contributed by atoms with E-state index >= 15 is 0 Å². The van der Waals surface area contributed by atoms with Gasteiger partial charge in [-0.1, -0.05) is 36.7 Å². The van der Waals surface area contributed by atoms with Crippen LogP contribution in [0.15, 0.2) is 54.6 Å². The Morgan fingerprint density at radius 3 is 2.52 bits per heavy atom. The van der Waals surface area contributed by atoms with E-state index in [4.69, 9.17) is 16.3 Å². The average Bonchev–Trinajstić information content (AvgIpc) is 3.06. The molecule has 0 radical (unpaired) electrons. The van der Waals surface area contributed by atoms with Crippen molar-refractivity contribution in [2.45, 2.75) is 20.3 Å². The summed E-state index contributed by atoms with van der Waals surface area (Å²) in [5.74, 6) is -2.32. The second-order valence-corrected chi connectivity index (χ2v) is 8.71. The number of carbonyl (C=O) groups is 4. The first-order valence-corrected chi connectivity index (χ1v) is 11.0. The Kier molecular flexibility index (Phi) is 6.33. The normalized spacial score (nSPS) is 21.7. The van der Waals surface area contributed by atoms with E-state index in [0.717, 1.165) is 5.56 Å². The number of nitrogens with one attached hydrogen (secondary N) is 1. The lowest BCUT2D eigenvalue weighted by Gasteiger charge is -2.22. The number of carbonyl (C=O) groups excluding carboxylic acids is 4. The Hall–Kier alpha value is -3.45. The first-order valence-electron chi connectivity index (χ1n) is 10.6. The molecule has 2 aromatic carbocycles. The number of amides is 3. The molecular formula is C25H23ClN2O5. The minimum Gasteiger partial charge on any atom is -0.452 e. The Balaban J connectivity index is 1.36. The summed E-state index contributed by atoms with van der Waals surface area (Å²) in [5.41, 5.74) is 2.00. The Labute approximate surface area is 196 Å². The highest BCUT2D eigenvalue weighted by molar-refractivity contribution is 6.31. The Morgan fingerprint density at radius 1 is 1.12 bits per heavy atom. The summed E-state index contributed by atoms with van der Waals surface area (Å²) in [7, 11) is 0. The van der Waals surface area contributed by atoms with Gasteiger partial charge < -0.3 is 10.1 Å². The molecule has 1 N–H and O–H groups in total. The predicted molar refractivity (Wildman–Crippen MR) is 124 cm³/mol. The molecule has 0 spiro atoms. The van der Waals surface area contributed by atoms with Crippen LogP contribution in [0, 0.1) is 24.7 Å². The highest BCUT2D eigenvalue weighted by atomic mass is 35.5. The number of rotatable bonds is 5. The highest BCUT2D eigenvalue weighted by Crippen LogP contribution is 2.40. The van der Waals surface area contributed by atoms with Gasteiger partial charge in [-0.3, -0.25) is 19.3 Å². The number of imide groups is 1. The number of halogens is 1. The summed E-state index contributed by atoms with van der Waals surface area (Å²) < 4.78 is 5.08. The van der Waals surface area contributed by atoms with Crippen LogP contribution in [0.1, 0.15) is 29.3 Å². The smallest absolute Gasteiger partial charge is 0.338 e. The van der Waals surface area contributed by atoms with E-state index in [0.29, 0.717) is 22.8 Å². The SMILES string of the molecule is Cc1ccc(NC(=O)COC(=O)c2ccc(N3C(=O)[C@@H]4[C@H](C)C=CC[C@H]4C3=O)cc2)cc1Cl. The number of aryl methyl sites for hydroxylation is 1. The second kappa shape index (κ2) is 9.19. The molecule has 7 nitrogen and oxygen atoms in total. The molecule has 3 atom stereocenters. The number of fused-ring (bicyclic) bond motifs is 1. The maximum Gasteiger partial charge on any atom is 0.338 e. The van der Waals surface area contributed by atoms with Crippen molar-refractivity contribution < 1.29 is 23.9 Å². The van der Waals surface area contributed by atoms with Crippen LogP contribution >= 0.6 is 11.6 Å². The van der Waals surface area contributed by atoms with Gasteiger partial charge in [-0.15, -0.1) is 0 Å². The number of nitrogens with zero attached hydrogens (tertiary/aromatic N) is 1. The Morgan fingerprint density at radius 2 is 1.85 bits per heavy atom. The van der Waals surface area contributed by atoms with Crippen LogP contribution in [0.5, 0.6) is 0 Å². The van der Waals surface area contributed by atoms with E-state index in [1.54, 1.807) is 18.2 Å². The van der Waals surface area contributed by atoms with Crippen LogP contribution in [-0.2, 0) is 19.1 Å². The molecule has 8 heteroatoms. The van der Waals surface area contributed by atoms with Crippen LogP contribution in [-0.4, -0.2) is 30.3 Å². The van der Waals surface area contributed by atoms with Gasteiger partial charge in [0.15, 0.2) is 6.61 Å². The van der Waals surface area contributed by atoms with Crippen molar-refractivity contribution in [3.63, 3.8) is 0 Å². The summed E-state index contributed by atoms with van der Waals surface area (Å²) in [6, 6.07) is 11.1. The predicted octanol–water partition coefficient (Wildman–Crippen LogP) is 4.15. The van der Waals surface area contributed by atoms with Crippen molar-refractivity contribution in [2.75, 3.05) is 16.8 Å². The summed E-state index contributed by atoms with van der Waals surface area (Å²) in [4.78, 5) is 51.3. The third kappa shape index (κ3) is 4.54. The topological polar surface area (TPSA) is 92.8 Å². The number of anilines is 2. The summed E-state index contributed by atoms with van der Waals surface area (Å²) in [6.45, 7) is 3.31. The van der Waals surface area contributed by atoms with Gasteiger partial charge in [-0.05, 0) is 61.2 Å². The minimum atomic E-state index is -0.691. The van der Waals surface area contributed by atoms with Gasteiger partial charge in [-0.2, -0.15) is 0 Å². The van der Waals surface area contributed by atoms with Crippen molar-refractivity contribution in [3.05, 3.63) is 70.8 Å². The molecule has 0 saturated carbocycles. The van der Waals surface area contributed by atoms with Crippen LogP contribution in [0.2, 0.25) is 5.02 Å². The van der Waals surface area contributed by atoms with Gasteiger partial charge in [0, 0.05) is 10.7 Å². The molecule has 2 aliphatic rings. The highest BCUT2D eigenvalue weighted by Gasteiger charge is 2.50. The van der Waals surface area contributed by atoms with E-state index in [9.17, 15) is 19.2 Å². The number of ether oxygens (including phenoxy) is 1. The molecule has 1 aliphatic heterocycles. The lowest BCUT2D eigenvalue weighted by Crippen LogP contribution is -2.31. The third-order valence-corrected chi connectivity index (χ3v) is 6.43. The molecule has 1 fully saturated rings. The molecule has 0 unspecified atom stereocenters. The molecule has 170 valence electrons. The van der Waals surface area contributed by atoms with Gasteiger partial charge in [0.25, 0.3) is 5.91 Å². The minimum absolute atomic E-state index is 0.00142. The fourth-order valence-electron chi connectivity index (χ4n) is 4.23. The van der Waals surface area contributed by atoms with Gasteiger partial charge in [0.2, 0.25) is 11.8 Å². The maximum absolute atomic E-state index is 12.9. The van der Waals surface area contributed by atoms with Crippen LogP contribution in [0.3, 0.4) is 0 Å². The fraction of sp³-hybridized carbons (Fsp3) is 0.280. The van der Waals surface area contributed by atoms with Crippen molar-refractivity contribution in [1.82, 2.24) is 0 Å². The summed E-state index contributed by atoms with van der Waals surface area (Å²) >= 11 is 6.04. The van der Waals surface area contributed by atoms with E-state index in [-0.39, 0.29) is 35.1 Å². The number of esters is 1. The van der Waals surface area contributed by atoms with E-state index in [1.807, 2.05) is 26.0 Å². The zero-order valence-electron chi connectivity index (χ0n) is 18.2. The quantitative estimate of drug-likeness (QED) is 0.406. The van der Waals surface area contributed by atoms with Crippen molar-refractivity contribution >= 4 is 46.7 Å². The van der Waals surface area contributed by atoms with Crippen molar-refractivity contribution in [1.29, 1.82) is 0 Å². The van der Waals surface area contributed by atoms with Gasteiger partial charge in [0.05, 0.1) is 23.1 Å². The van der Waals surface area contributed by atoms with Crippen LogP contribution in [0.25, 0.3) is 0 Å². The average molecular weight is 467 g/mol.